The molecule has 0 N–H and O–H groups in total. The topological polar surface area (TPSA) is 38.9 Å². The third-order valence-electron chi connectivity index (χ3n) is 2.48. The highest BCUT2D eigenvalue weighted by molar-refractivity contribution is 6.30. The van der Waals surface area contributed by atoms with E-state index in [-0.39, 0.29) is 0 Å². The lowest BCUT2D eigenvalue weighted by Gasteiger charge is -1.96. The zero-order valence-corrected chi connectivity index (χ0v) is 9.69. The van der Waals surface area contributed by atoms with Gasteiger partial charge in [-0.25, -0.2) is 9.97 Å². The Hall–Kier alpha value is -1.87. The number of nitrogens with zero attached hydrogens (tertiary/aromatic N) is 2. The molecular formula is C13H9ClN2O. The van der Waals surface area contributed by atoms with Crippen LogP contribution < -0.4 is 0 Å². The number of fused-ring (bicyclic) bond motifs is 1. The van der Waals surface area contributed by atoms with E-state index in [0.717, 1.165) is 16.1 Å². The van der Waals surface area contributed by atoms with Crippen LogP contribution >= 0.6 is 11.6 Å². The number of benzene rings is 1. The summed E-state index contributed by atoms with van der Waals surface area (Å²) in [5, 5.41) is 0.730. The van der Waals surface area contributed by atoms with Gasteiger partial charge in [-0.3, -0.25) is 0 Å². The minimum atomic E-state index is 0.580. The van der Waals surface area contributed by atoms with Gasteiger partial charge in [0.05, 0.1) is 0 Å². The van der Waals surface area contributed by atoms with Gasteiger partial charge in [0.25, 0.3) is 0 Å². The number of oxazole rings is 1. The molecule has 2 heterocycles. The molecule has 3 aromatic rings. The Morgan fingerprint density at radius 1 is 1.12 bits per heavy atom. The molecule has 0 unspecified atom stereocenters. The standard InChI is InChI=1S/C13H9ClN2O/c14-10-5-3-9(4-6-10)8-12-16-11-2-1-7-15-13(11)17-12/h1-7H,8H2. The minimum Gasteiger partial charge on any atom is -0.422 e. The van der Waals surface area contributed by atoms with Crippen molar-refractivity contribution in [2.75, 3.05) is 0 Å². The van der Waals surface area contributed by atoms with Crippen LogP contribution in [0.2, 0.25) is 5.02 Å². The first-order valence-electron chi connectivity index (χ1n) is 5.26. The summed E-state index contributed by atoms with van der Waals surface area (Å²) in [6, 6.07) is 11.4. The molecule has 0 amide bonds. The number of aromatic nitrogens is 2. The second-order valence-corrected chi connectivity index (χ2v) is 4.17. The summed E-state index contributed by atoms with van der Waals surface area (Å²) in [6.45, 7) is 0. The SMILES string of the molecule is Clc1ccc(Cc2nc3cccnc3o2)cc1. The molecule has 0 saturated heterocycles. The Labute approximate surface area is 103 Å². The van der Waals surface area contributed by atoms with Crippen molar-refractivity contribution in [2.45, 2.75) is 6.42 Å². The lowest BCUT2D eigenvalue weighted by molar-refractivity contribution is 0.535. The molecule has 4 heteroatoms. The van der Waals surface area contributed by atoms with Gasteiger partial charge in [-0.15, -0.1) is 0 Å². The van der Waals surface area contributed by atoms with Crippen LogP contribution in [0.25, 0.3) is 11.2 Å². The molecule has 3 rings (SSSR count). The molecule has 0 bridgehead atoms. The average Bonchev–Trinajstić information content (AvgIpc) is 2.74. The molecule has 3 nitrogen and oxygen atoms in total. The van der Waals surface area contributed by atoms with Crippen LogP contribution in [-0.4, -0.2) is 9.97 Å². The van der Waals surface area contributed by atoms with Gasteiger partial charge in [0.15, 0.2) is 0 Å². The fourth-order valence-corrected chi connectivity index (χ4v) is 1.79. The monoisotopic (exact) mass is 244 g/mol. The Morgan fingerprint density at radius 3 is 2.71 bits per heavy atom. The molecule has 0 atom stereocenters. The van der Waals surface area contributed by atoms with Gasteiger partial charge < -0.3 is 4.42 Å². The van der Waals surface area contributed by atoms with Crippen LogP contribution in [0.5, 0.6) is 0 Å². The lowest BCUT2D eigenvalue weighted by atomic mass is 10.1. The van der Waals surface area contributed by atoms with Gasteiger partial charge in [0.1, 0.15) is 5.52 Å². The smallest absolute Gasteiger partial charge is 0.246 e. The van der Waals surface area contributed by atoms with Gasteiger partial charge >= 0.3 is 0 Å². The van der Waals surface area contributed by atoms with Crippen molar-refractivity contribution in [1.29, 1.82) is 0 Å². The molecule has 0 aliphatic rings. The van der Waals surface area contributed by atoms with E-state index >= 15 is 0 Å². The van der Waals surface area contributed by atoms with Gasteiger partial charge in [0, 0.05) is 17.6 Å². The Balaban J connectivity index is 1.92. The summed E-state index contributed by atoms with van der Waals surface area (Å²) in [6.07, 6.45) is 2.34. The van der Waals surface area contributed by atoms with Crippen molar-refractivity contribution in [2.24, 2.45) is 0 Å². The van der Waals surface area contributed by atoms with Crippen molar-refractivity contribution in [1.82, 2.24) is 9.97 Å². The molecule has 2 aromatic heterocycles. The van der Waals surface area contributed by atoms with Crippen molar-refractivity contribution in [3.8, 4) is 0 Å². The Kier molecular flexibility index (Phi) is 2.53. The summed E-state index contributed by atoms with van der Waals surface area (Å²) in [7, 11) is 0. The molecular weight excluding hydrogens is 236 g/mol. The predicted molar refractivity (Wildman–Crippen MR) is 66.1 cm³/mol. The summed E-state index contributed by atoms with van der Waals surface area (Å²) >= 11 is 5.83. The van der Waals surface area contributed by atoms with E-state index in [1.165, 1.54) is 0 Å². The summed E-state index contributed by atoms with van der Waals surface area (Å²) in [5.41, 5.74) is 2.48. The fraction of sp³-hybridized carbons (Fsp3) is 0.0769. The number of halogens is 1. The largest absolute Gasteiger partial charge is 0.422 e. The van der Waals surface area contributed by atoms with Gasteiger partial charge in [0.2, 0.25) is 11.6 Å². The van der Waals surface area contributed by atoms with E-state index in [0.29, 0.717) is 18.0 Å². The highest BCUT2D eigenvalue weighted by atomic mass is 35.5. The normalized spacial score (nSPS) is 10.9. The number of hydrogen-bond donors (Lipinski definition) is 0. The van der Waals surface area contributed by atoms with Crippen molar-refractivity contribution >= 4 is 22.8 Å². The van der Waals surface area contributed by atoms with Crippen LogP contribution in [0, 0.1) is 0 Å². The van der Waals surface area contributed by atoms with Crippen LogP contribution in [-0.2, 0) is 6.42 Å². The molecule has 0 radical (unpaired) electrons. The first-order chi connectivity index (χ1) is 8.31. The van der Waals surface area contributed by atoms with E-state index in [1.807, 2.05) is 36.4 Å². The highest BCUT2D eigenvalue weighted by Crippen LogP contribution is 2.16. The molecule has 0 aliphatic carbocycles. The molecule has 17 heavy (non-hydrogen) atoms. The number of hydrogen-bond acceptors (Lipinski definition) is 3. The number of rotatable bonds is 2. The molecule has 1 aromatic carbocycles. The summed E-state index contributed by atoms with van der Waals surface area (Å²) in [4.78, 5) is 8.48. The minimum absolute atomic E-state index is 0.580. The third kappa shape index (κ3) is 2.15. The number of pyridine rings is 1. The molecule has 84 valence electrons. The van der Waals surface area contributed by atoms with Crippen LogP contribution in [0.15, 0.2) is 47.0 Å². The zero-order valence-electron chi connectivity index (χ0n) is 8.93. The first-order valence-corrected chi connectivity index (χ1v) is 5.64. The van der Waals surface area contributed by atoms with Crippen molar-refractivity contribution < 1.29 is 4.42 Å². The van der Waals surface area contributed by atoms with Crippen molar-refractivity contribution in [3.63, 3.8) is 0 Å². The van der Waals surface area contributed by atoms with E-state index in [4.69, 9.17) is 16.0 Å². The maximum Gasteiger partial charge on any atom is 0.246 e. The maximum absolute atomic E-state index is 5.83. The Bertz CT molecular complexity index is 613. The highest BCUT2D eigenvalue weighted by Gasteiger charge is 2.06. The molecule has 0 fully saturated rings. The maximum atomic E-state index is 5.83. The van der Waals surface area contributed by atoms with Gasteiger partial charge in [-0.05, 0) is 29.8 Å². The van der Waals surface area contributed by atoms with Crippen LogP contribution in [0.3, 0.4) is 0 Å². The molecule has 0 spiro atoms. The van der Waals surface area contributed by atoms with E-state index in [2.05, 4.69) is 9.97 Å². The van der Waals surface area contributed by atoms with Crippen LogP contribution in [0.4, 0.5) is 0 Å². The zero-order chi connectivity index (χ0) is 11.7. The summed E-state index contributed by atoms with van der Waals surface area (Å²) in [5.74, 6) is 0.668. The van der Waals surface area contributed by atoms with E-state index in [1.54, 1.807) is 6.20 Å². The quantitative estimate of drug-likeness (QED) is 0.693. The Morgan fingerprint density at radius 2 is 1.94 bits per heavy atom. The van der Waals surface area contributed by atoms with Crippen LogP contribution in [0.1, 0.15) is 11.5 Å². The molecule has 0 aliphatic heterocycles. The lowest BCUT2D eigenvalue weighted by Crippen LogP contribution is -1.87. The van der Waals surface area contributed by atoms with Gasteiger partial charge in [-0.1, -0.05) is 23.7 Å². The first kappa shape index (κ1) is 10.3. The molecule has 0 saturated carbocycles. The van der Waals surface area contributed by atoms with Crippen molar-refractivity contribution in [3.05, 3.63) is 59.1 Å². The average molecular weight is 245 g/mol. The van der Waals surface area contributed by atoms with Gasteiger partial charge in [-0.2, -0.15) is 0 Å². The second-order valence-electron chi connectivity index (χ2n) is 3.74. The second kappa shape index (κ2) is 4.18. The van der Waals surface area contributed by atoms with E-state index < -0.39 is 0 Å². The third-order valence-corrected chi connectivity index (χ3v) is 2.73. The fourth-order valence-electron chi connectivity index (χ4n) is 1.67. The van der Waals surface area contributed by atoms with E-state index in [9.17, 15) is 0 Å². The summed E-state index contributed by atoms with van der Waals surface area (Å²) < 4.78 is 5.55. The predicted octanol–water partition coefficient (Wildman–Crippen LogP) is 3.47.